The lowest BCUT2D eigenvalue weighted by Crippen LogP contribution is -2.36. The summed E-state index contributed by atoms with van der Waals surface area (Å²) < 4.78 is 5.29. The molecule has 1 aromatic heterocycles. The Kier molecular flexibility index (Phi) is 6.37. The summed E-state index contributed by atoms with van der Waals surface area (Å²) in [5.74, 6) is 0.680. The first-order valence-corrected chi connectivity index (χ1v) is 8.14. The van der Waals surface area contributed by atoms with Crippen LogP contribution < -0.4 is 10.6 Å². The molecule has 0 atom stereocenters. The molecule has 1 heterocycles. The highest BCUT2D eigenvalue weighted by Crippen LogP contribution is 2.20. The summed E-state index contributed by atoms with van der Waals surface area (Å²) >= 11 is 0. The molecule has 0 bridgehead atoms. The molecule has 6 nitrogen and oxygen atoms in total. The molecule has 0 unspecified atom stereocenters. The van der Waals surface area contributed by atoms with Crippen LogP contribution in [-0.4, -0.2) is 29.4 Å². The fourth-order valence-corrected chi connectivity index (χ4v) is 2.21. The van der Waals surface area contributed by atoms with Crippen LogP contribution in [0, 0.1) is 5.41 Å². The largest absolute Gasteiger partial charge is 0.396 e. The third-order valence-corrected chi connectivity index (χ3v) is 3.79. The van der Waals surface area contributed by atoms with Crippen molar-refractivity contribution in [3.63, 3.8) is 0 Å². The van der Waals surface area contributed by atoms with Crippen molar-refractivity contribution in [1.29, 1.82) is 0 Å². The van der Waals surface area contributed by atoms with Crippen LogP contribution in [0.4, 0.5) is 4.79 Å². The van der Waals surface area contributed by atoms with Crippen LogP contribution >= 0.6 is 0 Å². The normalized spacial score (nSPS) is 11.3. The Bertz CT molecular complexity index is 638. The lowest BCUT2D eigenvalue weighted by molar-refractivity contribution is 0.148. The number of aliphatic hydroxyl groups is 1. The monoisotopic (exact) mass is 331 g/mol. The van der Waals surface area contributed by atoms with Gasteiger partial charge in [-0.25, -0.2) is 4.79 Å². The summed E-state index contributed by atoms with van der Waals surface area (Å²) in [6.07, 6.45) is 1.68. The molecule has 1 aromatic carbocycles. The number of carbonyl (C=O) groups excluding carboxylic acids is 1. The molecule has 0 aliphatic heterocycles. The minimum atomic E-state index is -0.235. The number of amides is 2. The minimum Gasteiger partial charge on any atom is -0.396 e. The molecule has 2 rings (SSSR count). The maximum Gasteiger partial charge on any atom is 0.315 e. The predicted molar refractivity (Wildman–Crippen MR) is 92.3 cm³/mol. The van der Waals surface area contributed by atoms with Gasteiger partial charge in [0.15, 0.2) is 5.76 Å². The van der Waals surface area contributed by atoms with Crippen molar-refractivity contribution in [3.05, 3.63) is 42.1 Å². The first-order valence-electron chi connectivity index (χ1n) is 8.14. The number of benzene rings is 1. The van der Waals surface area contributed by atoms with Crippen molar-refractivity contribution >= 4 is 6.03 Å². The van der Waals surface area contributed by atoms with Gasteiger partial charge in [-0.15, -0.1) is 0 Å². The van der Waals surface area contributed by atoms with Crippen LogP contribution in [0.1, 0.15) is 32.4 Å². The van der Waals surface area contributed by atoms with E-state index in [4.69, 9.17) is 4.52 Å². The molecule has 6 heteroatoms. The van der Waals surface area contributed by atoms with Gasteiger partial charge in [0, 0.05) is 24.8 Å². The zero-order valence-corrected chi connectivity index (χ0v) is 14.2. The molecule has 2 amide bonds. The quantitative estimate of drug-likeness (QED) is 0.649. The summed E-state index contributed by atoms with van der Waals surface area (Å²) in [7, 11) is 0. The van der Waals surface area contributed by atoms with Gasteiger partial charge in [-0.2, -0.15) is 0 Å². The molecule has 0 saturated heterocycles. The molecule has 0 fully saturated rings. The molecular weight excluding hydrogens is 306 g/mol. The van der Waals surface area contributed by atoms with E-state index < -0.39 is 0 Å². The van der Waals surface area contributed by atoms with Gasteiger partial charge in [-0.3, -0.25) is 0 Å². The van der Waals surface area contributed by atoms with E-state index >= 15 is 0 Å². The molecule has 3 N–H and O–H groups in total. The molecule has 24 heavy (non-hydrogen) atoms. The maximum atomic E-state index is 11.8. The van der Waals surface area contributed by atoms with E-state index in [9.17, 15) is 9.90 Å². The Morgan fingerprint density at radius 1 is 1.25 bits per heavy atom. The van der Waals surface area contributed by atoms with E-state index in [0.29, 0.717) is 24.5 Å². The van der Waals surface area contributed by atoms with Gasteiger partial charge >= 0.3 is 6.03 Å². The zero-order chi connectivity index (χ0) is 17.4. The van der Waals surface area contributed by atoms with Crippen LogP contribution in [0.15, 0.2) is 40.9 Å². The van der Waals surface area contributed by atoms with E-state index in [-0.39, 0.29) is 18.1 Å². The number of hydrogen-bond donors (Lipinski definition) is 3. The number of carbonyl (C=O) groups is 1. The van der Waals surface area contributed by atoms with Gasteiger partial charge in [-0.05, 0) is 18.3 Å². The van der Waals surface area contributed by atoms with E-state index in [2.05, 4.69) is 15.8 Å². The fraction of sp³-hybridized carbons (Fsp3) is 0.444. The van der Waals surface area contributed by atoms with E-state index in [1.807, 2.05) is 50.2 Å². The van der Waals surface area contributed by atoms with Crippen LogP contribution in [0.3, 0.4) is 0 Å². The highest BCUT2D eigenvalue weighted by atomic mass is 16.5. The van der Waals surface area contributed by atoms with E-state index in [1.165, 1.54) is 0 Å². The summed E-state index contributed by atoms with van der Waals surface area (Å²) in [5.41, 5.74) is 1.52. The van der Waals surface area contributed by atoms with Crippen molar-refractivity contribution in [3.8, 4) is 11.3 Å². The average molecular weight is 331 g/mol. The number of nitrogens with zero attached hydrogens (tertiary/aromatic N) is 1. The Balaban J connectivity index is 1.70. The van der Waals surface area contributed by atoms with Gasteiger partial charge < -0.3 is 20.3 Å². The number of hydrogen-bond acceptors (Lipinski definition) is 4. The van der Waals surface area contributed by atoms with Crippen LogP contribution in [0.2, 0.25) is 0 Å². The predicted octanol–water partition coefficient (Wildman–Crippen LogP) is 2.94. The topological polar surface area (TPSA) is 87.4 Å². The van der Waals surface area contributed by atoms with Gasteiger partial charge in [-0.1, -0.05) is 49.3 Å². The van der Waals surface area contributed by atoms with Crippen molar-refractivity contribution in [2.75, 3.05) is 13.2 Å². The Labute approximate surface area is 142 Å². The van der Waals surface area contributed by atoms with Crippen LogP contribution in [-0.2, 0) is 6.54 Å². The number of urea groups is 1. The van der Waals surface area contributed by atoms with Crippen molar-refractivity contribution < 1.29 is 14.4 Å². The second-order valence-electron chi connectivity index (χ2n) is 6.58. The summed E-state index contributed by atoms with van der Waals surface area (Å²) in [4.78, 5) is 11.8. The maximum absolute atomic E-state index is 11.8. The first kappa shape index (κ1) is 18.0. The molecule has 0 spiro atoms. The van der Waals surface area contributed by atoms with Gasteiger partial charge in [0.2, 0.25) is 0 Å². The Hall–Kier alpha value is -2.34. The average Bonchev–Trinajstić information content (AvgIpc) is 3.07. The zero-order valence-electron chi connectivity index (χ0n) is 14.2. The highest BCUT2D eigenvalue weighted by Gasteiger charge is 2.15. The third-order valence-electron chi connectivity index (χ3n) is 3.79. The lowest BCUT2D eigenvalue weighted by Gasteiger charge is -2.21. The summed E-state index contributed by atoms with van der Waals surface area (Å²) in [5, 5.41) is 18.7. The number of nitrogens with one attached hydrogen (secondary N) is 2. The van der Waals surface area contributed by atoms with Gasteiger partial charge in [0.25, 0.3) is 0 Å². The lowest BCUT2D eigenvalue weighted by atomic mass is 9.89. The summed E-state index contributed by atoms with van der Waals surface area (Å²) in [6.45, 7) is 5.03. The van der Waals surface area contributed by atoms with Crippen molar-refractivity contribution in [2.24, 2.45) is 5.41 Å². The third kappa shape index (κ3) is 5.70. The smallest absolute Gasteiger partial charge is 0.315 e. The van der Waals surface area contributed by atoms with Gasteiger partial charge in [0.05, 0.1) is 6.54 Å². The SMILES string of the molecule is CC(C)(CO)CCCNC(=O)NCc1cc(-c2ccccc2)on1. The second kappa shape index (κ2) is 8.49. The molecule has 0 aliphatic carbocycles. The van der Waals surface area contributed by atoms with E-state index in [0.717, 1.165) is 18.4 Å². The molecule has 130 valence electrons. The number of aromatic nitrogens is 1. The van der Waals surface area contributed by atoms with E-state index in [1.54, 1.807) is 0 Å². The van der Waals surface area contributed by atoms with Crippen molar-refractivity contribution in [2.45, 2.75) is 33.2 Å². The van der Waals surface area contributed by atoms with Gasteiger partial charge in [0.1, 0.15) is 5.69 Å². The standard InChI is InChI=1S/C18H25N3O3/c1-18(2,13-22)9-6-10-19-17(23)20-12-15-11-16(24-21-15)14-7-4-3-5-8-14/h3-5,7-8,11,22H,6,9-10,12-13H2,1-2H3,(H2,19,20,23). The summed E-state index contributed by atoms with van der Waals surface area (Å²) in [6, 6.07) is 11.3. The number of aliphatic hydroxyl groups excluding tert-OH is 1. The highest BCUT2D eigenvalue weighted by molar-refractivity contribution is 5.73. The molecular formula is C18H25N3O3. The second-order valence-corrected chi connectivity index (χ2v) is 6.58. The van der Waals surface area contributed by atoms with Crippen LogP contribution in [0.5, 0.6) is 0 Å². The minimum absolute atomic E-state index is 0.104. The Morgan fingerprint density at radius 2 is 2.00 bits per heavy atom. The first-order chi connectivity index (χ1) is 11.5. The molecule has 0 radical (unpaired) electrons. The fourth-order valence-electron chi connectivity index (χ4n) is 2.21. The number of rotatable bonds is 8. The molecule has 2 aromatic rings. The molecule has 0 aliphatic rings. The van der Waals surface area contributed by atoms with Crippen molar-refractivity contribution in [1.82, 2.24) is 15.8 Å². The molecule has 0 saturated carbocycles. The van der Waals surface area contributed by atoms with Crippen LogP contribution in [0.25, 0.3) is 11.3 Å². The Morgan fingerprint density at radius 3 is 2.71 bits per heavy atom.